The number of pyridine rings is 1. The monoisotopic (exact) mass is 451 g/mol. The average Bonchev–Trinajstić information content (AvgIpc) is 3.22. The third kappa shape index (κ3) is 3.38. The summed E-state index contributed by atoms with van der Waals surface area (Å²) in [4.78, 5) is 4.26. The Hall–Kier alpha value is -3.79. The lowest BCUT2D eigenvalue weighted by atomic mass is 10.0. The van der Waals surface area contributed by atoms with E-state index in [4.69, 9.17) is 0 Å². The third-order valence-corrected chi connectivity index (χ3v) is 6.18. The van der Waals surface area contributed by atoms with Crippen molar-refractivity contribution in [3.8, 4) is 11.3 Å². The van der Waals surface area contributed by atoms with E-state index in [0.29, 0.717) is 22.2 Å². The quantitative estimate of drug-likeness (QED) is 0.412. The van der Waals surface area contributed by atoms with Gasteiger partial charge < -0.3 is 0 Å². The lowest BCUT2D eigenvalue weighted by Gasteiger charge is -2.15. The van der Waals surface area contributed by atoms with Gasteiger partial charge in [-0.05, 0) is 42.5 Å². The summed E-state index contributed by atoms with van der Waals surface area (Å²) in [7, 11) is -3.43. The number of hydrogen-bond acceptors (Lipinski definition) is 6. The van der Waals surface area contributed by atoms with Crippen molar-refractivity contribution >= 4 is 26.4 Å². The van der Waals surface area contributed by atoms with Crippen molar-refractivity contribution in [2.24, 2.45) is 0 Å². The standard InChI is InChI=1S/C22H15F2N5O2S/c1-32(30,31)17-6-2-4-15(13-17)19-9-10-20-26-27-21(29(20)28-19)22(23,24)16-7-8-18-14(12-16)5-3-11-25-18/h2-13H,1H3. The second-order valence-corrected chi connectivity index (χ2v) is 9.31. The molecule has 32 heavy (non-hydrogen) atoms. The third-order valence-electron chi connectivity index (χ3n) is 5.07. The van der Waals surface area contributed by atoms with Crippen molar-refractivity contribution in [3.05, 3.63) is 84.3 Å². The zero-order valence-electron chi connectivity index (χ0n) is 16.6. The molecule has 0 bridgehead atoms. The second kappa shape index (κ2) is 7.13. The molecule has 0 amide bonds. The van der Waals surface area contributed by atoms with Gasteiger partial charge in [-0.15, -0.1) is 10.2 Å². The van der Waals surface area contributed by atoms with E-state index >= 15 is 8.78 Å². The summed E-state index contributed by atoms with van der Waals surface area (Å²) >= 11 is 0. The first-order valence-corrected chi connectivity index (χ1v) is 11.4. The van der Waals surface area contributed by atoms with Gasteiger partial charge in [-0.3, -0.25) is 4.98 Å². The highest BCUT2D eigenvalue weighted by Crippen LogP contribution is 2.36. The largest absolute Gasteiger partial charge is 0.333 e. The molecule has 160 valence electrons. The molecule has 5 aromatic rings. The van der Waals surface area contributed by atoms with Gasteiger partial charge in [-0.25, -0.2) is 8.42 Å². The molecule has 0 radical (unpaired) electrons. The molecule has 0 aliphatic carbocycles. The molecule has 0 spiro atoms. The van der Waals surface area contributed by atoms with E-state index in [1.165, 1.54) is 36.4 Å². The van der Waals surface area contributed by atoms with Crippen LogP contribution in [-0.4, -0.2) is 39.5 Å². The summed E-state index contributed by atoms with van der Waals surface area (Å²) < 4.78 is 55.7. The van der Waals surface area contributed by atoms with Crippen LogP contribution in [0.4, 0.5) is 8.78 Å². The van der Waals surface area contributed by atoms with Crippen LogP contribution >= 0.6 is 0 Å². The van der Waals surface area contributed by atoms with Gasteiger partial charge in [-0.1, -0.05) is 24.3 Å². The fourth-order valence-corrected chi connectivity index (χ4v) is 4.09. The first-order chi connectivity index (χ1) is 15.2. The molecular formula is C22H15F2N5O2S. The smallest absolute Gasteiger partial charge is 0.256 e. The highest BCUT2D eigenvalue weighted by molar-refractivity contribution is 7.90. The number of benzene rings is 2. The van der Waals surface area contributed by atoms with Gasteiger partial charge in [0.25, 0.3) is 0 Å². The zero-order chi connectivity index (χ0) is 22.5. The molecule has 0 saturated carbocycles. The molecule has 5 rings (SSSR count). The fraction of sp³-hybridized carbons (Fsp3) is 0.0909. The van der Waals surface area contributed by atoms with E-state index in [1.807, 2.05) is 0 Å². The summed E-state index contributed by atoms with van der Waals surface area (Å²) in [5.41, 5.74) is 1.25. The van der Waals surface area contributed by atoms with E-state index in [2.05, 4.69) is 20.3 Å². The van der Waals surface area contributed by atoms with Gasteiger partial charge in [0.2, 0.25) is 5.82 Å². The molecule has 3 heterocycles. The van der Waals surface area contributed by atoms with Gasteiger partial charge in [-0.2, -0.15) is 18.4 Å². The lowest BCUT2D eigenvalue weighted by molar-refractivity contribution is 0.0307. The number of rotatable bonds is 4. The van der Waals surface area contributed by atoms with Crippen LogP contribution < -0.4 is 0 Å². The van der Waals surface area contributed by atoms with Crippen LogP contribution in [0, 0.1) is 0 Å². The van der Waals surface area contributed by atoms with Crippen molar-refractivity contribution in [2.45, 2.75) is 10.8 Å². The summed E-state index contributed by atoms with van der Waals surface area (Å²) in [5.74, 6) is -4.12. The average molecular weight is 451 g/mol. The molecule has 0 N–H and O–H groups in total. The van der Waals surface area contributed by atoms with Crippen LogP contribution in [0.1, 0.15) is 11.4 Å². The normalized spacial score (nSPS) is 12.5. The van der Waals surface area contributed by atoms with Gasteiger partial charge in [0.05, 0.1) is 16.1 Å². The van der Waals surface area contributed by atoms with E-state index < -0.39 is 21.6 Å². The van der Waals surface area contributed by atoms with Gasteiger partial charge >= 0.3 is 5.92 Å². The minimum atomic E-state index is -3.48. The van der Waals surface area contributed by atoms with Crippen LogP contribution in [0.5, 0.6) is 0 Å². The van der Waals surface area contributed by atoms with E-state index in [-0.39, 0.29) is 16.1 Å². The Bertz CT molecular complexity index is 1600. The highest BCUT2D eigenvalue weighted by atomic mass is 32.2. The lowest BCUT2D eigenvalue weighted by Crippen LogP contribution is -2.20. The fourth-order valence-electron chi connectivity index (χ4n) is 3.42. The molecule has 0 atom stereocenters. The maximum atomic E-state index is 15.5. The van der Waals surface area contributed by atoms with Crippen LogP contribution in [0.3, 0.4) is 0 Å². The summed E-state index contributed by atoms with van der Waals surface area (Å²) in [6.07, 6.45) is 2.69. The number of halogens is 2. The zero-order valence-corrected chi connectivity index (χ0v) is 17.5. The molecule has 3 aromatic heterocycles. The van der Waals surface area contributed by atoms with Crippen molar-refractivity contribution in [1.29, 1.82) is 0 Å². The SMILES string of the molecule is CS(=O)(=O)c1cccc(-c2ccc3nnc(C(F)(F)c4ccc5ncccc5c4)n3n2)c1. The minimum Gasteiger partial charge on any atom is -0.256 e. The Kier molecular flexibility index (Phi) is 4.48. The number of alkyl halides is 2. The van der Waals surface area contributed by atoms with Gasteiger partial charge in [0.1, 0.15) is 0 Å². The van der Waals surface area contributed by atoms with Crippen LogP contribution in [0.25, 0.3) is 27.8 Å². The number of nitrogens with zero attached hydrogens (tertiary/aromatic N) is 5. The Morgan fingerprint density at radius 3 is 2.59 bits per heavy atom. The van der Waals surface area contributed by atoms with Crippen molar-refractivity contribution in [2.75, 3.05) is 6.26 Å². The molecule has 0 fully saturated rings. The Morgan fingerprint density at radius 2 is 1.78 bits per heavy atom. The highest BCUT2D eigenvalue weighted by Gasteiger charge is 2.40. The van der Waals surface area contributed by atoms with Crippen molar-refractivity contribution in [1.82, 2.24) is 24.8 Å². The summed E-state index contributed by atoms with van der Waals surface area (Å²) in [6.45, 7) is 0. The van der Waals surface area contributed by atoms with Crippen molar-refractivity contribution < 1.29 is 17.2 Å². The molecule has 0 unspecified atom stereocenters. The molecule has 10 heteroatoms. The Balaban J connectivity index is 1.63. The summed E-state index contributed by atoms with van der Waals surface area (Å²) in [6, 6.07) is 16.8. The van der Waals surface area contributed by atoms with Crippen molar-refractivity contribution in [3.63, 3.8) is 0 Å². The Morgan fingerprint density at radius 1 is 0.938 bits per heavy atom. The molecule has 0 aliphatic rings. The maximum absolute atomic E-state index is 15.5. The molecule has 7 nitrogen and oxygen atoms in total. The summed E-state index contributed by atoms with van der Waals surface area (Å²) in [5, 5.41) is 12.4. The number of aromatic nitrogens is 5. The molecule has 2 aromatic carbocycles. The maximum Gasteiger partial charge on any atom is 0.333 e. The van der Waals surface area contributed by atoms with E-state index in [1.54, 1.807) is 36.5 Å². The molecular weight excluding hydrogens is 436 g/mol. The first kappa shape index (κ1) is 20.1. The number of hydrogen-bond donors (Lipinski definition) is 0. The number of sulfone groups is 1. The predicted molar refractivity (Wildman–Crippen MR) is 114 cm³/mol. The van der Waals surface area contributed by atoms with Gasteiger partial charge in [0.15, 0.2) is 15.5 Å². The molecule has 0 saturated heterocycles. The number of fused-ring (bicyclic) bond motifs is 2. The van der Waals surface area contributed by atoms with Crippen LogP contribution in [-0.2, 0) is 15.8 Å². The minimum absolute atomic E-state index is 0.107. The van der Waals surface area contributed by atoms with Crippen LogP contribution in [0.2, 0.25) is 0 Å². The first-order valence-electron chi connectivity index (χ1n) is 9.50. The predicted octanol–water partition coefficient (Wildman–Crippen LogP) is 3.88. The van der Waals surface area contributed by atoms with Gasteiger partial charge in [0, 0.05) is 29.0 Å². The molecule has 0 aliphatic heterocycles. The van der Waals surface area contributed by atoms with E-state index in [0.717, 1.165) is 10.8 Å². The van der Waals surface area contributed by atoms with E-state index in [9.17, 15) is 8.42 Å². The van der Waals surface area contributed by atoms with Crippen LogP contribution in [0.15, 0.2) is 77.8 Å². The topological polar surface area (TPSA) is 90.1 Å². The Labute approximate surface area is 181 Å². The second-order valence-electron chi connectivity index (χ2n) is 7.30.